The van der Waals surface area contributed by atoms with Gasteiger partial charge in [-0.3, -0.25) is 0 Å². The van der Waals surface area contributed by atoms with Gasteiger partial charge in [-0.15, -0.1) is 0 Å². The summed E-state index contributed by atoms with van der Waals surface area (Å²) in [7, 11) is 3.00. The van der Waals surface area contributed by atoms with Crippen LogP contribution in [0.25, 0.3) is 11.3 Å². The molecule has 6 nitrogen and oxygen atoms in total. The minimum atomic E-state index is -1.16. The van der Waals surface area contributed by atoms with Gasteiger partial charge in [0, 0.05) is 10.5 Å². The zero-order valence-corrected chi connectivity index (χ0v) is 11.7. The molecule has 1 aromatic heterocycles. The van der Waals surface area contributed by atoms with Crippen molar-refractivity contribution in [2.45, 2.75) is 0 Å². The van der Waals surface area contributed by atoms with Crippen LogP contribution in [0, 0.1) is 0 Å². The number of methoxy groups -OCH3 is 2. The Morgan fingerprint density at radius 3 is 2.63 bits per heavy atom. The number of ether oxygens (including phenoxy) is 2. The van der Waals surface area contributed by atoms with Crippen molar-refractivity contribution < 1.29 is 23.9 Å². The van der Waals surface area contributed by atoms with Gasteiger partial charge < -0.3 is 19.1 Å². The number of nitrogens with zero attached hydrogens (tertiary/aromatic N) is 1. The number of hydrogen-bond donors (Lipinski definition) is 1. The molecule has 0 aliphatic rings. The molecule has 2 aromatic rings. The van der Waals surface area contributed by atoms with E-state index in [4.69, 9.17) is 19.1 Å². The number of benzene rings is 1. The second kappa shape index (κ2) is 5.31. The summed E-state index contributed by atoms with van der Waals surface area (Å²) in [6, 6.07) is 4.80. The van der Waals surface area contributed by atoms with Gasteiger partial charge in [0.1, 0.15) is 0 Å². The predicted molar refractivity (Wildman–Crippen MR) is 69.7 cm³/mol. The molecule has 0 aliphatic carbocycles. The molecule has 1 N–H and O–H groups in total. The third-order valence-corrected chi connectivity index (χ3v) is 3.13. The number of hydrogen-bond acceptors (Lipinski definition) is 5. The van der Waals surface area contributed by atoms with Gasteiger partial charge in [-0.25, -0.2) is 4.79 Å². The zero-order valence-electron chi connectivity index (χ0n) is 10.1. The van der Waals surface area contributed by atoms with Crippen molar-refractivity contribution in [1.82, 2.24) is 5.16 Å². The second-order valence-electron chi connectivity index (χ2n) is 3.54. The van der Waals surface area contributed by atoms with Crippen molar-refractivity contribution in [2.24, 2.45) is 0 Å². The van der Waals surface area contributed by atoms with Gasteiger partial charge in [0.2, 0.25) is 0 Å². The summed E-state index contributed by atoms with van der Waals surface area (Å²) in [6.07, 6.45) is 0. The van der Waals surface area contributed by atoms with Crippen LogP contribution >= 0.6 is 15.9 Å². The highest BCUT2D eigenvalue weighted by atomic mass is 79.9. The van der Waals surface area contributed by atoms with Crippen molar-refractivity contribution in [1.29, 1.82) is 0 Å². The molecule has 0 radical (unpaired) electrons. The van der Waals surface area contributed by atoms with Crippen LogP contribution in [-0.4, -0.2) is 30.5 Å². The van der Waals surface area contributed by atoms with Crippen molar-refractivity contribution >= 4 is 21.9 Å². The molecule has 100 valence electrons. The summed E-state index contributed by atoms with van der Waals surface area (Å²) >= 11 is 3.36. The molecule has 0 unspecified atom stereocenters. The van der Waals surface area contributed by atoms with Crippen LogP contribution in [0.5, 0.6) is 11.5 Å². The summed E-state index contributed by atoms with van der Waals surface area (Å²) in [5, 5.41) is 12.3. The Hall–Kier alpha value is -2.02. The first-order valence-corrected chi connectivity index (χ1v) is 5.98. The molecule has 0 aliphatic heterocycles. The molecule has 0 saturated heterocycles. The predicted octanol–water partition coefficient (Wildman–Crippen LogP) is 2.82. The Bertz CT molecular complexity index is 623. The molecule has 1 aromatic carbocycles. The Morgan fingerprint density at radius 1 is 1.37 bits per heavy atom. The first-order valence-electron chi connectivity index (χ1n) is 5.19. The maximum Gasteiger partial charge on any atom is 0.358 e. The van der Waals surface area contributed by atoms with Gasteiger partial charge >= 0.3 is 5.97 Å². The number of aromatic carboxylic acids is 1. The maximum absolute atomic E-state index is 10.8. The SMILES string of the molecule is COc1ccc(Br)c(-c2cc(C(=O)O)no2)c1OC. The van der Waals surface area contributed by atoms with Crippen molar-refractivity contribution in [3.8, 4) is 22.8 Å². The summed E-state index contributed by atoms with van der Waals surface area (Å²) in [5.41, 5.74) is 0.369. The third-order valence-electron chi connectivity index (χ3n) is 2.47. The van der Waals surface area contributed by atoms with E-state index in [2.05, 4.69) is 21.1 Å². The monoisotopic (exact) mass is 327 g/mol. The normalized spacial score (nSPS) is 10.3. The van der Waals surface area contributed by atoms with E-state index >= 15 is 0 Å². The molecule has 0 bridgehead atoms. The molecule has 7 heteroatoms. The van der Waals surface area contributed by atoms with E-state index in [-0.39, 0.29) is 11.5 Å². The number of carbonyl (C=O) groups is 1. The van der Waals surface area contributed by atoms with Crippen molar-refractivity contribution in [3.63, 3.8) is 0 Å². The lowest BCUT2D eigenvalue weighted by Gasteiger charge is -2.12. The average molecular weight is 328 g/mol. The Morgan fingerprint density at radius 2 is 2.11 bits per heavy atom. The Balaban J connectivity index is 2.62. The number of carboxylic acid groups (broad SMARTS) is 1. The summed E-state index contributed by atoms with van der Waals surface area (Å²) in [4.78, 5) is 10.8. The molecule has 19 heavy (non-hydrogen) atoms. The molecular formula is C12H10BrNO5. The summed E-state index contributed by atoms with van der Waals surface area (Å²) in [6.45, 7) is 0. The zero-order chi connectivity index (χ0) is 14.0. The van der Waals surface area contributed by atoms with E-state index < -0.39 is 5.97 Å². The summed E-state index contributed by atoms with van der Waals surface area (Å²) in [5.74, 6) is 0.0620. The highest BCUT2D eigenvalue weighted by molar-refractivity contribution is 9.10. The highest BCUT2D eigenvalue weighted by Crippen LogP contribution is 2.43. The van der Waals surface area contributed by atoms with Crippen LogP contribution in [0.3, 0.4) is 0 Å². The van der Waals surface area contributed by atoms with Crippen LogP contribution in [0.2, 0.25) is 0 Å². The molecule has 0 atom stereocenters. The number of carboxylic acids is 1. The van der Waals surface area contributed by atoms with Gasteiger partial charge in [0.15, 0.2) is 23.0 Å². The standard InChI is InChI=1S/C12H10BrNO5/c1-17-8-4-3-6(13)10(11(8)18-2)9-5-7(12(15)16)14-19-9/h3-5H,1-2H3,(H,15,16). The smallest absolute Gasteiger partial charge is 0.358 e. The summed E-state index contributed by atoms with van der Waals surface area (Å²) < 4.78 is 16.2. The molecule has 0 saturated carbocycles. The van der Waals surface area contributed by atoms with Crippen molar-refractivity contribution in [2.75, 3.05) is 14.2 Å². The van der Waals surface area contributed by atoms with Crippen LogP contribution in [0.15, 0.2) is 27.2 Å². The first kappa shape index (κ1) is 13.4. The Kier molecular flexibility index (Phi) is 3.75. The lowest BCUT2D eigenvalue weighted by Crippen LogP contribution is -1.95. The molecule has 0 spiro atoms. The molecule has 2 rings (SSSR count). The number of rotatable bonds is 4. The molecule has 0 fully saturated rings. The van der Waals surface area contributed by atoms with E-state index in [1.165, 1.54) is 20.3 Å². The van der Waals surface area contributed by atoms with Crippen LogP contribution < -0.4 is 9.47 Å². The van der Waals surface area contributed by atoms with E-state index in [1.807, 2.05) is 0 Å². The van der Waals surface area contributed by atoms with E-state index in [0.29, 0.717) is 21.5 Å². The van der Waals surface area contributed by atoms with Crippen LogP contribution in [0.4, 0.5) is 0 Å². The fourth-order valence-electron chi connectivity index (χ4n) is 1.63. The minimum absolute atomic E-state index is 0.174. The molecule has 1 heterocycles. The van der Waals surface area contributed by atoms with Crippen LogP contribution in [-0.2, 0) is 0 Å². The minimum Gasteiger partial charge on any atom is -0.493 e. The van der Waals surface area contributed by atoms with Gasteiger partial charge in [-0.05, 0) is 28.1 Å². The van der Waals surface area contributed by atoms with Gasteiger partial charge in [0.05, 0.1) is 19.8 Å². The highest BCUT2D eigenvalue weighted by Gasteiger charge is 2.21. The topological polar surface area (TPSA) is 81.8 Å². The molecular weight excluding hydrogens is 318 g/mol. The number of halogens is 1. The molecule has 0 amide bonds. The van der Waals surface area contributed by atoms with Crippen molar-refractivity contribution in [3.05, 3.63) is 28.4 Å². The van der Waals surface area contributed by atoms with E-state index in [9.17, 15) is 4.79 Å². The van der Waals surface area contributed by atoms with Crippen LogP contribution in [0.1, 0.15) is 10.5 Å². The van der Waals surface area contributed by atoms with E-state index in [1.54, 1.807) is 12.1 Å². The lowest BCUT2D eigenvalue weighted by molar-refractivity contribution is 0.0686. The van der Waals surface area contributed by atoms with Gasteiger partial charge in [0.25, 0.3) is 0 Å². The fraction of sp³-hybridized carbons (Fsp3) is 0.167. The lowest BCUT2D eigenvalue weighted by atomic mass is 10.1. The maximum atomic E-state index is 10.8. The third kappa shape index (κ3) is 2.41. The second-order valence-corrected chi connectivity index (χ2v) is 4.39. The van der Waals surface area contributed by atoms with Gasteiger partial charge in [-0.1, -0.05) is 5.16 Å². The largest absolute Gasteiger partial charge is 0.493 e. The Labute approximate surface area is 117 Å². The van der Waals surface area contributed by atoms with Gasteiger partial charge in [-0.2, -0.15) is 0 Å². The quantitative estimate of drug-likeness (QED) is 0.929. The number of aromatic nitrogens is 1. The fourth-order valence-corrected chi connectivity index (χ4v) is 2.13. The average Bonchev–Trinajstić information content (AvgIpc) is 2.87. The van der Waals surface area contributed by atoms with E-state index in [0.717, 1.165) is 0 Å². The first-order chi connectivity index (χ1) is 9.08.